The van der Waals surface area contributed by atoms with Crippen molar-refractivity contribution >= 4 is 33.4 Å². The lowest BCUT2D eigenvalue weighted by Gasteiger charge is -2.43. The first-order valence-corrected chi connectivity index (χ1v) is 27.5. The van der Waals surface area contributed by atoms with Crippen molar-refractivity contribution in [3.05, 3.63) is 72.9 Å². The molecule has 0 aliphatic heterocycles. The molecule has 0 aromatic heterocycles. The molecule has 5 unspecified atom stereocenters. The molecule has 1 fully saturated rings. The molecule has 0 amide bonds. The molecule has 19 heteroatoms. The van der Waals surface area contributed by atoms with Gasteiger partial charge in [0.1, 0.15) is 43.2 Å². The van der Waals surface area contributed by atoms with Crippen LogP contribution in [0.1, 0.15) is 162 Å². The molecule has 0 bridgehead atoms. The van der Waals surface area contributed by atoms with E-state index in [0.29, 0.717) is 32.1 Å². The SMILES string of the molecule is CCCCC/C=C\C=C\C(=O)CCCCCCCC(=O)O[C@H](COC(=O)CCCCC/C=C\C/C=C\C/C=C\C/C=C\CCCCC)COP(=O)(O)O[C@H]1C(O)C(O)C(O)[C@@H](OP(=O)(O)O)C1O. The van der Waals surface area contributed by atoms with Gasteiger partial charge in [-0.3, -0.25) is 28.0 Å². The Kier molecular flexibility index (Phi) is 36.0. The molecule has 7 N–H and O–H groups in total. The minimum Gasteiger partial charge on any atom is -0.462 e. The summed E-state index contributed by atoms with van der Waals surface area (Å²) in [6, 6.07) is 0. The van der Waals surface area contributed by atoms with Crippen LogP contribution in [-0.4, -0.2) is 109 Å². The Morgan fingerprint density at radius 1 is 0.515 bits per heavy atom. The summed E-state index contributed by atoms with van der Waals surface area (Å²) >= 11 is 0. The van der Waals surface area contributed by atoms with Crippen LogP contribution in [0.25, 0.3) is 0 Å². The van der Waals surface area contributed by atoms with Crippen molar-refractivity contribution in [2.45, 2.75) is 204 Å². The van der Waals surface area contributed by atoms with Crippen LogP contribution in [0.3, 0.4) is 0 Å². The fourth-order valence-electron chi connectivity index (χ4n) is 6.87. The van der Waals surface area contributed by atoms with Crippen LogP contribution in [0.15, 0.2) is 72.9 Å². The van der Waals surface area contributed by atoms with Crippen LogP contribution < -0.4 is 0 Å². The van der Waals surface area contributed by atoms with Crippen molar-refractivity contribution in [2.75, 3.05) is 13.2 Å². The van der Waals surface area contributed by atoms with E-state index in [1.807, 2.05) is 12.2 Å². The normalized spacial score (nSPS) is 21.8. The maximum atomic E-state index is 13.0. The van der Waals surface area contributed by atoms with Crippen LogP contribution in [0.5, 0.6) is 0 Å². The molecule has 17 nitrogen and oxygen atoms in total. The first-order chi connectivity index (χ1) is 32.5. The van der Waals surface area contributed by atoms with Gasteiger partial charge in [0.2, 0.25) is 0 Å². The van der Waals surface area contributed by atoms with Gasteiger partial charge in [-0.2, -0.15) is 0 Å². The number of allylic oxidation sites excluding steroid dienone is 12. The Bertz CT molecular complexity index is 1650. The molecular formula is C49H82O17P2. The molecule has 0 spiro atoms. The Morgan fingerprint density at radius 2 is 0.985 bits per heavy atom. The van der Waals surface area contributed by atoms with Crippen LogP contribution >= 0.6 is 15.6 Å². The second-order valence-corrected chi connectivity index (χ2v) is 19.5. The Morgan fingerprint density at radius 3 is 1.54 bits per heavy atom. The number of ether oxygens (including phenoxy) is 2. The third kappa shape index (κ3) is 32.8. The van der Waals surface area contributed by atoms with Gasteiger partial charge in [-0.1, -0.05) is 132 Å². The zero-order valence-electron chi connectivity index (χ0n) is 40.3. The zero-order valence-corrected chi connectivity index (χ0v) is 42.0. The highest BCUT2D eigenvalue weighted by molar-refractivity contribution is 7.47. The average Bonchev–Trinajstić information content (AvgIpc) is 3.29. The topological polar surface area (TPSA) is 273 Å². The van der Waals surface area contributed by atoms with Crippen molar-refractivity contribution in [1.29, 1.82) is 0 Å². The van der Waals surface area contributed by atoms with Gasteiger partial charge in [-0.25, -0.2) is 9.13 Å². The standard InChI is InChI=1S/C49H82O17P2/c1-3-5-7-9-11-12-13-14-15-16-17-18-19-20-21-22-24-28-32-36-42(51)62-38-41(64-43(52)37-33-29-25-27-31-35-40(50)34-30-26-23-10-8-6-4-2)39-63-68(60,61)66-49-46(55)44(53)45(54)48(47(49)56)65-67(57,58)59/h11-12,14-15,17-18,20-21,23,26,30,34,41,44-49,53-56H,3-10,13,16,19,22,24-25,27-29,31-33,35-39H2,1-2H3,(H,60,61)(H2,57,58,59)/b12-11-,15-14-,18-17-,21-20-,26-23-,34-30+/t41-,44?,45?,46?,47?,48-,49+/m1/s1. The first-order valence-electron chi connectivity index (χ1n) is 24.4. The molecule has 0 heterocycles. The third-order valence-corrected chi connectivity index (χ3v) is 12.2. The number of aliphatic hydroxyl groups excluding tert-OH is 4. The summed E-state index contributed by atoms with van der Waals surface area (Å²) in [6.45, 7) is 2.90. The molecule has 390 valence electrons. The van der Waals surface area contributed by atoms with E-state index in [4.69, 9.17) is 18.5 Å². The predicted octanol–water partition coefficient (Wildman–Crippen LogP) is 8.80. The molecule has 8 atom stereocenters. The van der Waals surface area contributed by atoms with E-state index in [1.54, 1.807) is 12.2 Å². The number of carbonyl (C=O) groups excluding carboxylic acids is 3. The van der Waals surface area contributed by atoms with Gasteiger partial charge in [0.15, 0.2) is 11.9 Å². The zero-order chi connectivity index (χ0) is 50.5. The van der Waals surface area contributed by atoms with E-state index < -0.39 is 83.5 Å². The van der Waals surface area contributed by atoms with Crippen molar-refractivity contribution in [1.82, 2.24) is 0 Å². The number of aliphatic hydroxyl groups is 4. The Hall–Kier alpha value is -2.89. The molecule has 0 aromatic rings. The van der Waals surface area contributed by atoms with Crippen LogP contribution in [0.2, 0.25) is 0 Å². The van der Waals surface area contributed by atoms with Crippen molar-refractivity contribution in [2.24, 2.45) is 0 Å². The summed E-state index contributed by atoms with van der Waals surface area (Å²) in [4.78, 5) is 66.4. The van der Waals surface area contributed by atoms with Gasteiger partial charge in [0.25, 0.3) is 0 Å². The minimum atomic E-state index is -5.39. The van der Waals surface area contributed by atoms with Crippen LogP contribution in [0.4, 0.5) is 0 Å². The summed E-state index contributed by atoms with van der Waals surface area (Å²) in [5.74, 6) is -1.30. The number of carbonyl (C=O) groups is 3. The number of hydrogen-bond acceptors (Lipinski definition) is 14. The van der Waals surface area contributed by atoms with Crippen molar-refractivity contribution < 1.29 is 81.7 Å². The van der Waals surface area contributed by atoms with Gasteiger partial charge in [0.05, 0.1) is 6.61 Å². The summed E-state index contributed by atoms with van der Waals surface area (Å²) in [6.07, 6.45) is 28.1. The van der Waals surface area contributed by atoms with Gasteiger partial charge >= 0.3 is 27.6 Å². The van der Waals surface area contributed by atoms with Crippen molar-refractivity contribution in [3.63, 3.8) is 0 Å². The van der Waals surface area contributed by atoms with E-state index in [-0.39, 0.29) is 18.6 Å². The fourth-order valence-corrected chi connectivity index (χ4v) is 8.41. The van der Waals surface area contributed by atoms with Gasteiger partial charge < -0.3 is 44.6 Å². The maximum Gasteiger partial charge on any atom is 0.472 e. The van der Waals surface area contributed by atoms with E-state index in [2.05, 4.69) is 67.0 Å². The van der Waals surface area contributed by atoms with E-state index in [1.165, 1.54) is 25.7 Å². The molecule has 1 aliphatic carbocycles. The van der Waals surface area contributed by atoms with Gasteiger partial charge in [-0.15, -0.1) is 0 Å². The Labute approximate surface area is 404 Å². The number of ketones is 1. The number of hydrogen-bond donors (Lipinski definition) is 7. The predicted molar refractivity (Wildman–Crippen MR) is 260 cm³/mol. The lowest BCUT2D eigenvalue weighted by Crippen LogP contribution is -2.64. The quantitative estimate of drug-likeness (QED) is 0.00754. The summed E-state index contributed by atoms with van der Waals surface area (Å²) in [5.41, 5.74) is 0. The van der Waals surface area contributed by atoms with Gasteiger partial charge in [-0.05, 0) is 83.1 Å². The average molecular weight is 1010 g/mol. The smallest absolute Gasteiger partial charge is 0.462 e. The van der Waals surface area contributed by atoms with E-state index >= 15 is 0 Å². The highest BCUT2D eigenvalue weighted by Crippen LogP contribution is 2.49. The molecule has 1 rings (SSSR count). The summed E-state index contributed by atoms with van der Waals surface area (Å²) in [5, 5.41) is 41.2. The molecule has 0 radical (unpaired) electrons. The molecule has 0 saturated heterocycles. The maximum absolute atomic E-state index is 13.0. The minimum absolute atomic E-state index is 0.0393. The second-order valence-electron chi connectivity index (χ2n) is 16.9. The van der Waals surface area contributed by atoms with Crippen molar-refractivity contribution in [3.8, 4) is 0 Å². The van der Waals surface area contributed by atoms with Crippen LogP contribution in [-0.2, 0) is 46.6 Å². The summed E-state index contributed by atoms with van der Waals surface area (Å²) < 4.78 is 49.3. The van der Waals surface area contributed by atoms with E-state index in [0.717, 1.165) is 77.0 Å². The lowest BCUT2D eigenvalue weighted by atomic mass is 9.85. The Balaban J connectivity index is 2.64. The first kappa shape index (κ1) is 63.1. The van der Waals surface area contributed by atoms with Crippen LogP contribution in [0, 0.1) is 0 Å². The molecule has 1 saturated carbocycles. The highest BCUT2D eigenvalue weighted by Gasteiger charge is 2.54. The lowest BCUT2D eigenvalue weighted by molar-refractivity contribution is -0.216. The number of rotatable bonds is 40. The molecule has 1 aliphatic rings. The number of phosphoric ester groups is 2. The molecule has 68 heavy (non-hydrogen) atoms. The van der Waals surface area contributed by atoms with Gasteiger partial charge in [0, 0.05) is 19.3 Å². The number of phosphoric acid groups is 2. The highest BCUT2D eigenvalue weighted by atomic mass is 31.2. The molecular weight excluding hydrogens is 922 g/mol. The molecule has 0 aromatic carbocycles. The van der Waals surface area contributed by atoms with E-state index in [9.17, 15) is 58.6 Å². The fraction of sp³-hybridized carbons (Fsp3) is 0.694. The second kappa shape index (κ2) is 38.8. The third-order valence-electron chi connectivity index (χ3n) is 10.7. The largest absolute Gasteiger partial charge is 0.472 e. The summed E-state index contributed by atoms with van der Waals surface area (Å²) in [7, 11) is -10.7. The number of esters is 2. The number of unbranched alkanes of at least 4 members (excludes halogenated alkanes) is 13. The monoisotopic (exact) mass is 1000 g/mol.